The first kappa shape index (κ1) is 11.3. The van der Waals surface area contributed by atoms with Gasteiger partial charge in [-0.25, -0.2) is 0 Å². The normalized spacial score (nSPS) is 19.3. The second kappa shape index (κ2) is 4.74. The highest BCUT2D eigenvalue weighted by Gasteiger charge is 2.30. The van der Waals surface area contributed by atoms with Crippen molar-refractivity contribution in [3.63, 3.8) is 0 Å². The quantitative estimate of drug-likeness (QED) is 0.733. The van der Waals surface area contributed by atoms with Crippen LogP contribution in [0.15, 0.2) is 24.3 Å². The molecule has 3 heteroatoms. The van der Waals surface area contributed by atoms with Crippen molar-refractivity contribution in [1.29, 1.82) is 0 Å². The molecule has 0 unspecified atom stereocenters. The van der Waals surface area contributed by atoms with Gasteiger partial charge in [0.1, 0.15) is 5.75 Å². The molecule has 1 fully saturated rings. The molecule has 1 aliphatic carbocycles. The number of rotatable bonds is 3. The maximum Gasteiger partial charge on any atom is 0.117 e. The lowest BCUT2D eigenvalue weighted by atomic mass is 9.81. The van der Waals surface area contributed by atoms with Gasteiger partial charge in [0.25, 0.3) is 0 Å². The fourth-order valence-electron chi connectivity index (χ4n) is 2.50. The van der Waals surface area contributed by atoms with E-state index in [0.717, 1.165) is 18.5 Å². The smallest absolute Gasteiger partial charge is 0.117 e. The van der Waals surface area contributed by atoms with Crippen LogP contribution in [0.3, 0.4) is 0 Å². The maximum atomic E-state index is 9.43. The Labute approximate surface area is 96.7 Å². The van der Waals surface area contributed by atoms with Gasteiger partial charge < -0.3 is 16.2 Å². The Morgan fingerprint density at radius 3 is 2.62 bits per heavy atom. The molecule has 0 amide bonds. The first-order chi connectivity index (χ1) is 7.74. The molecule has 0 heterocycles. The molecule has 0 aromatic heterocycles. The van der Waals surface area contributed by atoms with Gasteiger partial charge in [0, 0.05) is 23.8 Å². The van der Waals surface area contributed by atoms with Gasteiger partial charge in [0.15, 0.2) is 0 Å². The van der Waals surface area contributed by atoms with Crippen LogP contribution in [-0.2, 0) is 0 Å². The lowest BCUT2D eigenvalue weighted by Crippen LogP contribution is -2.46. The van der Waals surface area contributed by atoms with E-state index in [1.54, 1.807) is 12.1 Å². The molecule has 1 aliphatic rings. The standard InChI is InChI=1S/C13H20N2O/c14-10-13(7-2-1-3-8-13)15-11-5-4-6-12(16)9-11/h4-6,9,15-16H,1-3,7-8,10,14H2. The highest BCUT2D eigenvalue weighted by Crippen LogP contribution is 2.31. The fraction of sp³-hybridized carbons (Fsp3) is 0.538. The van der Waals surface area contributed by atoms with Crippen LogP contribution >= 0.6 is 0 Å². The molecule has 1 saturated carbocycles. The van der Waals surface area contributed by atoms with Crippen molar-refractivity contribution in [2.45, 2.75) is 37.6 Å². The van der Waals surface area contributed by atoms with Crippen LogP contribution < -0.4 is 11.1 Å². The molecule has 0 spiro atoms. The van der Waals surface area contributed by atoms with Gasteiger partial charge in [-0.1, -0.05) is 25.3 Å². The number of nitrogens with two attached hydrogens (primary N) is 1. The van der Waals surface area contributed by atoms with E-state index in [-0.39, 0.29) is 5.54 Å². The van der Waals surface area contributed by atoms with Crippen LogP contribution in [0, 0.1) is 0 Å². The highest BCUT2D eigenvalue weighted by molar-refractivity contribution is 5.49. The predicted molar refractivity (Wildman–Crippen MR) is 66.6 cm³/mol. The van der Waals surface area contributed by atoms with Crippen LogP contribution in [0.1, 0.15) is 32.1 Å². The summed E-state index contributed by atoms with van der Waals surface area (Å²) in [6.07, 6.45) is 6.04. The molecule has 88 valence electrons. The highest BCUT2D eigenvalue weighted by atomic mass is 16.3. The third-order valence-electron chi connectivity index (χ3n) is 3.46. The van der Waals surface area contributed by atoms with Crippen molar-refractivity contribution in [3.8, 4) is 5.75 Å². The summed E-state index contributed by atoms with van der Waals surface area (Å²) in [6.45, 7) is 0.655. The fourth-order valence-corrected chi connectivity index (χ4v) is 2.50. The first-order valence-corrected chi connectivity index (χ1v) is 6.01. The summed E-state index contributed by atoms with van der Waals surface area (Å²) in [7, 11) is 0. The van der Waals surface area contributed by atoms with E-state index in [4.69, 9.17) is 5.73 Å². The van der Waals surface area contributed by atoms with Gasteiger partial charge in [-0.2, -0.15) is 0 Å². The Morgan fingerprint density at radius 2 is 2.00 bits per heavy atom. The van der Waals surface area contributed by atoms with Crippen LogP contribution in [0.25, 0.3) is 0 Å². The van der Waals surface area contributed by atoms with Gasteiger partial charge in [0.05, 0.1) is 0 Å². The molecule has 0 aliphatic heterocycles. The topological polar surface area (TPSA) is 58.3 Å². The summed E-state index contributed by atoms with van der Waals surface area (Å²) in [5.74, 6) is 0.299. The summed E-state index contributed by atoms with van der Waals surface area (Å²) < 4.78 is 0. The minimum Gasteiger partial charge on any atom is -0.508 e. The number of benzene rings is 1. The summed E-state index contributed by atoms with van der Waals surface area (Å²) in [6, 6.07) is 7.27. The van der Waals surface area contributed by atoms with E-state index >= 15 is 0 Å². The molecule has 1 aromatic rings. The Morgan fingerprint density at radius 1 is 1.25 bits per heavy atom. The molecule has 3 nitrogen and oxygen atoms in total. The van der Waals surface area contributed by atoms with Crippen molar-refractivity contribution >= 4 is 5.69 Å². The average molecular weight is 220 g/mol. The van der Waals surface area contributed by atoms with Crippen molar-refractivity contribution in [3.05, 3.63) is 24.3 Å². The zero-order valence-electron chi connectivity index (χ0n) is 9.58. The third-order valence-corrected chi connectivity index (χ3v) is 3.46. The van der Waals surface area contributed by atoms with Crippen LogP contribution in [0.4, 0.5) is 5.69 Å². The predicted octanol–water partition coefficient (Wildman–Crippen LogP) is 2.47. The largest absolute Gasteiger partial charge is 0.508 e. The number of phenolic OH excluding ortho intramolecular Hbond substituents is 1. The van der Waals surface area contributed by atoms with Gasteiger partial charge in [-0.15, -0.1) is 0 Å². The molecule has 16 heavy (non-hydrogen) atoms. The van der Waals surface area contributed by atoms with E-state index in [0.29, 0.717) is 12.3 Å². The Hall–Kier alpha value is -1.22. The van der Waals surface area contributed by atoms with E-state index < -0.39 is 0 Å². The molecule has 0 radical (unpaired) electrons. The van der Waals surface area contributed by atoms with E-state index in [2.05, 4.69) is 5.32 Å². The van der Waals surface area contributed by atoms with Crippen LogP contribution in [0.2, 0.25) is 0 Å². The molecular weight excluding hydrogens is 200 g/mol. The Balaban J connectivity index is 2.11. The summed E-state index contributed by atoms with van der Waals surface area (Å²) in [5.41, 5.74) is 6.90. The number of aromatic hydroxyl groups is 1. The maximum absolute atomic E-state index is 9.43. The number of nitrogens with one attached hydrogen (secondary N) is 1. The lowest BCUT2D eigenvalue weighted by Gasteiger charge is -2.38. The van der Waals surface area contributed by atoms with Crippen molar-refractivity contribution in [2.75, 3.05) is 11.9 Å². The van der Waals surface area contributed by atoms with Crippen LogP contribution in [0.5, 0.6) is 5.75 Å². The van der Waals surface area contributed by atoms with Crippen LogP contribution in [-0.4, -0.2) is 17.2 Å². The molecule has 0 atom stereocenters. The van der Waals surface area contributed by atoms with Gasteiger partial charge in [0.2, 0.25) is 0 Å². The van der Waals surface area contributed by atoms with E-state index in [9.17, 15) is 5.11 Å². The lowest BCUT2D eigenvalue weighted by molar-refractivity contribution is 0.331. The zero-order chi connectivity index (χ0) is 11.4. The monoisotopic (exact) mass is 220 g/mol. The Kier molecular flexibility index (Phi) is 3.34. The molecule has 4 N–H and O–H groups in total. The second-order valence-electron chi connectivity index (χ2n) is 4.72. The number of anilines is 1. The van der Waals surface area contributed by atoms with E-state index in [1.807, 2.05) is 12.1 Å². The number of phenols is 1. The van der Waals surface area contributed by atoms with Crippen molar-refractivity contribution in [2.24, 2.45) is 5.73 Å². The van der Waals surface area contributed by atoms with Crippen molar-refractivity contribution < 1.29 is 5.11 Å². The number of hydrogen-bond acceptors (Lipinski definition) is 3. The SMILES string of the molecule is NCC1(Nc2cccc(O)c2)CCCCC1. The van der Waals surface area contributed by atoms with Gasteiger partial charge >= 0.3 is 0 Å². The minimum atomic E-state index is 0.0338. The van der Waals surface area contributed by atoms with Gasteiger partial charge in [-0.05, 0) is 25.0 Å². The second-order valence-corrected chi connectivity index (χ2v) is 4.72. The zero-order valence-corrected chi connectivity index (χ0v) is 9.58. The van der Waals surface area contributed by atoms with Crippen molar-refractivity contribution in [1.82, 2.24) is 0 Å². The molecule has 1 aromatic carbocycles. The summed E-state index contributed by atoms with van der Waals surface area (Å²) in [5, 5.41) is 12.9. The molecule has 0 bridgehead atoms. The molecule has 0 saturated heterocycles. The summed E-state index contributed by atoms with van der Waals surface area (Å²) in [4.78, 5) is 0. The number of hydrogen-bond donors (Lipinski definition) is 3. The van der Waals surface area contributed by atoms with Gasteiger partial charge in [-0.3, -0.25) is 0 Å². The summed E-state index contributed by atoms with van der Waals surface area (Å²) >= 11 is 0. The molecular formula is C13H20N2O. The van der Waals surface area contributed by atoms with E-state index in [1.165, 1.54) is 19.3 Å². The first-order valence-electron chi connectivity index (χ1n) is 6.01. The third kappa shape index (κ3) is 2.47. The molecule has 2 rings (SSSR count). The average Bonchev–Trinajstić information content (AvgIpc) is 2.30. The Bertz CT molecular complexity index is 346. The minimum absolute atomic E-state index is 0.0338.